The molecule has 3 atom stereocenters. The zero-order chi connectivity index (χ0) is 28.3. The normalized spacial score (nSPS) is 13.6. The van der Waals surface area contributed by atoms with Gasteiger partial charge in [-0.2, -0.15) is 0 Å². The molecule has 208 valence electrons. The van der Waals surface area contributed by atoms with Gasteiger partial charge in [0.2, 0.25) is 0 Å². The van der Waals surface area contributed by atoms with Crippen LogP contribution in [0.1, 0.15) is 59.1 Å². The fraction of sp³-hybridized carbons (Fsp3) is 0.483. The molecule has 3 unspecified atom stereocenters. The molecule has 0 spiro atoms. The highest BCUT2D eigenvalue weighted by atomic mass is 35.5. The molecule has 0 radical (unpaired) electrons. The lowest BCUT2D eigenvalue weighted by Crippen LogP contribution is -2.38. The fourth-order valence-corrected chi connectivity index (χ4v) is 4.03. The molecular weight excluding hydrogens is 512 g/mol. The van der Waals surface area contributed by atoms with Crippen molar-refractivity contribution in [3.05, 3.63) is 59.7 Å². The third kappa shape index (κ3) is 9.56. The van der Waals surface area contributed by atoms with Crippen LogP contribution in [0.25, 0.3) is 0 Å². The molecule has 2 rings (SSSR count). The standard InChI is InChI=1S/C29H37ClO8/c1-7-27(37-20(3)32)28(38-21(4)33)18-35-25-14-10-23(11-15-25)29(5,6)22-8-12-24(13-9-22)34-17-26(16-30)36-19(2)31/h8-15,26-28H,7,16-18H2,1-6H3. The third-order valence-corrected chi connectivity index (χ3v) is 6.30. The summed E-state index contributed by atoms with van der Waals surface area (Å²) in [6, 6.07) is 15.4. The molecule has 0 saturated carbocycles. The Hall–Kier alpha value is -3.26. The van der Waals surface area contributed by atoms with E-state index in [2.05, 4.69) is 13.8 Å². The zero-order valence-corrected chi connectivity index (χ0v) is 23.6. The van der Waals surface area contributed by atoms with E-state index in [0.717, 1.165) is 11.1 Å². The molecule has 0 heterocycles. The molecule has 0 amide bonds. The van der Waals surface area contributed by atoms with Crippen LogP contribution >= 0.6 is 11.6 Å². The molecule has 0 aliphatic carbocycles. The smallest absolute Gasteiger partial charge is 0.303 e. The SMILES string of the molecule is CCC(OC(C)=O)C(COc1ccc(C(C)(C)c2ccc(OCC(CCl)OC(C)=O)cc2)cc1)OC(C)=O. The van der Waals surface area contributed by atoms with Crippen LogP contribution in [0, 0.1) is 0 Å². The average molecular weight is 549 g/mol. The number of ether oxygens (including phenoxy) is 5. The summed E-state index contributed by atoms with van der Waals surface area (Å²) in [6.45, 7) is 10.3. The van der Waals surface area contributed by atoms with E-state index in [1.807, 2.05) is 55.5 Å². The zero-order valence-electron chi connectivity index (χ0n) is 22.8. The first-order valence-corrected chi connectivity index (χ1v) is 13.0. The number of halogens is 1. The number of alkyl halides is 1. The Labute approximate surface area is 229 Å². The van der Waals surface area contributed by atoms with E-state index in [1.54, 1.807) is 0 Å². The van der Waals surface area contributed by atoms with Crippen LogP contribution in [-0.2, 0) is 34.0 Å². The average Bonchev–Trinajstić information content (AvgIpc) is 2.87. The molecule has 8 nitrogen and oxygen atoms in total. The van der Waals surface area contributed by atoms with Crippen LogP contribution in [0.5, 0.6) is 11.5 Å². The Balaban J connectivity index is 2.04. The lowest BCUT2D eigenvalue weighted by Gasteiger charge is -2.27. The van der Waals surface area contributed by atoms with E-state index in [1.165, 1.54) is 20.8 Å². The van der Waals surface area contributed by atoms with Crippen molar-refractivity contribution >= 4 is 29.5 Å². The van der Waals surface area contributed by atoms with Crippen molar-refractivity contribution < 1.29 is 38.1 Å². The number of hydrogen-bond donors (Lipinski definition) is 0. The summed E-state index contributed by atoms with van der Waals surface area (Å²) in [5, 5.41) is 0. The monoisotopic (exact) mass is 548 g/mol. The second-order valence-electron chi connectivity index (χ2n) is 9.39. The van der Waals surface area contributed by atoms with Crippen LogP contribution in [0.15, 0.2) is 48.5 Å². The summed E-state index contributed by atoms with van der Waals surface area (Å²) in [5.74, 6) is 0.0914. The summed E-state index contributed by atoms with van der Waals surface area (Å²) >= 11 is 5.83. The van der Waals surface area contributed by atoms with Gasteiger partial charge < -0.3 is 23.7 Å². The summed E-state index contributed by atoms with van der Waals surface area (Å²) < 4.78 is 27.3. The molecule has 38 heavy (non-hydrogen) atoms. The maximum Gasteiger partial charge on any atom is 0.303 e. The van der Waals surface area contributed by atoms with Gasteiger partial charge in [0.1, 0.15) is 36.9 Å². The molecule has 0 N–H and O–H groups in total. The van der Waals surface area contributed by atoms with Gasteiger partial charge in [-0.05, 0) is 41.8 Å². The van der Waals surface area contributed by atoms with E-state index in [-0.39, 0.29) is 24.5 Å². The van der Waals surface area contributed by atoms with Crippen LogP contribution < -0.4 is 9.47 Å². The number of esters is 3. The largest absolute Gasteiger partial charge is 0.490 e. The number of rotatable bonds is 14. The number of hydrogen-bond acceptors (Lipinski definition) is 8. The quantitative estimate of drug-likeness (QED) is 0.180. The minimum Gasteiger partial charge on any atom is -0.490 e. The van der Waals surface area contributed by atoms with Gasteiger partial charge in [-0.1, -0.05) is 45.0 Å². The lowest BCUT2D eigenvalue weighted by atomic mass is 9.78. The van der Waals surface area contributed by atoms with Crippen molar-refractivity contribution in [2.24, 2.45) is 0 Å². The molecule has 0 bridgehead atoms. The molecule has 0 fully saturated rings. The van der Waals surface area contributed by atoms with Gasteiger partial charge >= 0.3 is 17.9 Å². The molecule has 2 aromatic carbocycles. The Morgan fingerprint density at radius 1 is 0.711 bits per heavy atom. The first-order chi connectivity index (χ1) is 18.0. The molecular formula is C29H37ClO8. The first kappa shape index (κ1) is 31.0. The van der Waals surface area contributed by atoms with E-state index < -0.39 is 36.2 Å². The van der Waals surface area contributed by atoms with Crippen LogP contribution in [0.4, 0.5) is 0 Å². The Bertz CT molecular complexity index is 1050. The highest BCUT2D eigenvalue weighted by Gasteiger charge is 2.27. The molecule has 0 aliphatic heterocycles. The van der Waals surface area contributed by atoms with Crippen molar-refractivity contribution in [2.45, 2.75) is 71.7 Å². The topological polar surface area (TPSA) is 97.4 Å². The van der Waals surface area contributed by atoms with E-state index in [4.69, 9.17) is 35.3 Å². The summed E-state index contributed by atoms with van der Waals surface area (Å²) in [6.07, 6.45) is -1.34. The molecule has 2 aromatic rings. The van der Waals surface area contributed by atoms with Gasteiger partial charge in [0.15, 0.2) is 6.10 Å². The number of carbonyl (C=O) groups is 3. The predicted molar refractivity (Wildman–Crippen MR) is 144 cm³/mol. The second-order valence-corrected chi connectivity index (χ2v) is 9.69. The predicted octanol–water partition coefficient (Wildman–Crippen LogP) is 5.21. The van der Waals surface area contributed by atoms with Crippen molar-refractivity contribution in [1.29, 1.82) is 0 Å². The van der Waals surface area contributed by atoms with Crippen molar-refractivity contribution in [3.8, 4) is 11.5 Å². The van der Waals surface area contributed by atoms with Crippen molar-refractivity contribution in [3.63, 3.8) is 0 Å². The molecule has 0 saturated heterocycles. The van der Waals surface area contributed by atoms with Gasteiger partial charge in [-0.25, -0.2) is 0 Å². The van der Waals surface area contributed by atoms with Crippen molar-refractivity contribution in [2.75, 3.05) is 19.1 Å². The Morgan fingerprint density at radius 3 is 1.53 bits per heavy atom. The summed E-state index contributed by atoms with van der Waals surface area (Å²) in [7, 11) is 0. The van der Waals surface area contributed by atoms with E-state index in [0.29, 0.717) is 17.9 Å². The van der Waals surface area contributed by atoms with Gasteiger partial charge in [0, 0.05) is 26.2 Å². The molecule has 0 aromatic heterocycles. The molecule has 9 heteroatoms. The third-order valence-electron chi connectivity index (χ3n) is 5.96. The van der Waals surface area contributed by atoms with Gasteiger partial charge in [0.05, 0.1) is 5.88 Å². The highest BCUT2D eigenvalue weighted by molar-refractivity contribution is 6.18. The molecule has 0 aliphatic rings. The first-order valence-electron chi connectivity index (χ1n) is 12.5. The Kier molecular flexibility index (Phi) is 11.9. The minimum absolute atomic E-state index is 0.0532. The summed E-state index contributed by atoms with van der Waals surface area (Å²) in [5.41, 5.74) is 1.84. The van der Waals surface area contributed by atoms with Crippen LogP contribution in [0.2, 0.25) is 0 Å². The maximum absolute atomic E-state index is 11.6. The highest BCUT2D eigenvalue weighted by Crippen LogP contribution is 2.33. The van der Waals surface area contributed by atoms with Crippen LogP contribution in [-0.4, -0.2) is 55.3 Å². The van der Waals surface area contributed by atoms with Gasteiger partial charge in [-0.3, -0.25) is 14.4 Å². The maximum atomic E-state index is 11.6. The Morgan fingerprint density at radius 2 is 1.13 bits per heavy atom. The number of carbonyl (C=O) groups excluding carboxylic acids is 3. The van der Waals surface area contributed by atoms with Gasteiger partial charge in [0.25, 0.3) is 0 Å². The van der Waals surface area contributed by atoms with Crippen molar-refractivity contribution in [1.82, 2.24) is 0 Å². The summed E-state index contributed by atoms with van der Waals surface area (Å²) in [4.78, 5) is 34.1. The van der Waals surface area contributed by atoms with E-state index in [9.17, 15) is 14.4 Å². The number of benzene rings is 2. The minimum atomic E-state index is -0.716. The lowest BCUT2D eigenvalue weighted by molar-refractivity contribution is -0.167. The fourth-order valence-electron chi connectivity index (χ4n) is 3.88. The van der Waals surface area contributed by atoms with E-state index >= 15 is 0 Å². The van der Waals surface area contributed by atoms with Gasteiger partial charge in [-0.15, -0.1) is 11.6 Å². The second kappa shape index (κ2) is 14.6. The van der Waals surface area contributed by atoms with Crippen LogP contribution in [0.3, 0.4) is 0 Å².